The fourth-order valence-corrected chi connectivity index (χ4v) is 0. The molecule has 0 saturated heterocycles. The highest BCUT2D eigenvalue weighted by atomic mass is 16.5. The van der Waals surface area contributed by atoms with Gasteiger partial charge in [0, 0.05) is 16.7 Å². The minimum absolute atomic E-state index is 0.176. The van der Waals surface area contributed by atoms with Gasteiger partial charge in [0.25, 0.3) is 0 Å². The number of carbonyl (C=O) groups is 3. The van der Waals surface area contributed by atoms with Crippen LogP contribution in [0, 0.1) is 0 Å². The van der Waals surface area contributed by atoms with Gasteiger partial charge < -0.3 is 30.4 Å². The monoisotopic (exact) mass is 320 g/mol. The first kappa shape index (κ1) is 27.8. The Balaban J connectivity index is -0.0000000994. The summed E-state index contributed by atoms with van der Waals surface area (Å²) < 4.78 is 0. The smallest absolute Gasteiger partial charge is 0.478 e. The molecule has 6 N–H and O–H groups in total. The molecule has 0 aliphatic rings. The molecule has 0 spiro atoms. The summed E-state index contributed by atoms with van der Waals surface area (Å²) in [5.41, 5.74) is 0.528. The summed E-state index contributed by atoms with van der Waals surface area (Å²) in [5, 5.41) is 45.2. The van der Waals surface area contributed by atoms with Crippen LogP contribution in [0.1, 0.15) is 20.8 Å². The van der Waals surface area contributed by atoms with Crippen LogP contribution in [0.5, 0.6) is 0 Å². The third-order valence-electron chi connectivity index (χ3n) is 1.10. The minimum atomic E-state index is -2.17. The predicted octanol–water partition coefficient (Wildman–Crippen LogP) is -0.110. The van der Waals surface area contributed by atoms with Crippen LogP contribution >= 0.6 is 0 Å². The largest absolute Gasteiger partial charge is 0.631 e. The first-order chi connectivity index (χ1) is 9.66. The van der Waals surface area contributed by atoms with Gasteiger partial charge in [-0.3, -0.25) is 0 Å². The molecule has 0 radical (unpaired) electrons. The summed E-state index contributed by atoms with van der Waals surface area (Å²) in [5.74, 6) is -2.81. The van der Waals surface area contributed by atoms with Crippen LogP contribution in [0.4, 0.5) is 0 Å². The van der Waals surface area contributed by atoms with Crippen molar-refractivity contribution >= 4 is 25.2 Å². The van der Waals surface area contributed by atoms with Crippen molar-refractivity contribution in [3.63, 3.8) is 0 Å². The Morgan fingerprint density at radius 1 is 0.636 bits per heavy atom. The Morgan fingerprint density at radius 3 is 0.682 bits per heavy atom. The molecule has 126 valence electrons. The van der Waals surface area contributed by atoms with Gasteiger partial charge in [-0.25, -0.2) is 14.4 Å². The molecule has 0 heterocycles. The fourth-order valence-electron chi connectivity index (χ4n) is 0. The molecule has 0 fully saturated rings. The van der Waals surface area contributed by atoms with Gasteiger partial charge in [0.2, 0.25) is 0 Å². The molecule has 0 saturated carbocycles. The van der Waals surface area contributed by atoms with Gasteiger partial charge in [-0.15, -0.1) is 0 Å². The molecular formula is C12H21BO9. The van der Waals surface area contributed by atoms with E-state index in [0.29, 0.717) is 0 Å². The highest BCUT2D eigenvalue weighted by molar-refractivity contribution is 6.30. The third-order valence-corrected chi connectivity index (χ3v) is 1.10. The number of hydrogen-bond acceptors (Lipinski definition) is 6. The van der Waals surface area contributed by atoms with Gasteiger partial charge in [-0.1, -0.05) is 19.7 Å². The summed E-state index contributed by atoms with van der Waals surface area (Å²) in [4.78, 5) is 28.8. The lowest BCUT2D eigenvalue weighted by atomic mass is 10.3. The van der Waals surface area contributed by atoms with E-state index in [1.165, 1.54) is 20.8 Å². The molecule has 0 aromatic carbocycles. The van der Waals surface area contributed by atoms with E-state index in [1.54, 1.807) is 0 Å². The number of carboxylic acid groups (broad SMARTS) is 3. The van der Waals surface area contributed by atoms with E-state index in [-0.39, 0.29) is 16.7 Å². The van der Waals surface area contributed by atoms with Crippen molar-refractivity contribution in [1.29, 1.82) is 0 Å². The van der Waals surface area contributed by atoms with Crippen molar-refractivity contribution in [1.82, 2.24) is 0 Å². The molecule has 0 aromatic rings. The van der Waals surface area contributed by atoms with E-state index < -0.39 is 25.2 Å². The van der Waals surface area contributed by atoms with Crippen molar-refractivity contribution in [2.75, 3.05) is 0 Å². The number of carboxylic acids is 3. The number of rotatable bonds is 3. The van der Waals surface area contributed by atoms with Crippen LogP contribution in [-0.4, -0.2) is 55.6 Å². The third kappa shape index (κ3) is 52.7. The summed E-state index contributed by atoms with van der Waals surface area (Å²) in [6.45, 7) is 13.8. The van der Waals surface area contributed by atoms with E-state index >= 15 is 0 Å². The second kappa shape index (κ2) is 16.6. The van der Waals surface area contributed by atoms with Crippen molar-refractivity contribution in [3.05, 3.63) is 36.5 Å². The van der Waals surface area contributed by atoms with Gasteiger partial charge >= 0.3 is 25.2 Å². The van der Waals surface area contributed by atoms with Gasteiger partial charge in [0.1, 0.15) is 0 Å². The Labute approximate surface area is 128 Å². The minimum Gasteiger partial charge on any atom is -0.478 e. The van der Waals surface area contributed by atoms with E-state index in [2.05, 4.69) is 19.7 Å². The SMILES string of the molecule is C=C(C)C(=O)O.C=C(C)C(=O)O.C=C(C)C(=O)O.OB(O)O. The zero-order valence-corrected chi connectivity index (χ0v) is 12.6. The predicted molar refractivity (Wildman–Crippen MR) is 79.8 cm³/mol. The van der Waals surface area contributed by atoms with E-state index in [0.717, 1.165) is 0 Å². The molecule has 0 amide bonds. The molecule has 22 heavy (non-hydrogen) atoms. The molecule has 0 unspecified atom stereocenters. The summed E-state index contributed by atoms with van der Waals surface area (Å²) in [6, 6.07) is 0. The quantitative estimate of drug-likeness (QED) is 0.306. The number of hydrogen-bond donors (Lipinski definition) is 6. The van der Waals surface area contributed by atoms with Gasteiger partial charge in [0.05, 0.1) is 0 Å². The second-order valence-corrected chi connectivity index (χ2v) is 3.60. The molecule has 0 rings (SSSR count). The lowest BCUT2D eigenvalue weighted by molar-refractivity contribution is -0.133. The standard InChI is InChI=1S/3C4H6O2.BH3O3/c3*1-3(2)4(5)6;2-1(3)4/h3*1H2,2H3,(H,5,6);2-4H. The zero-order valence-electron chi connectivity index (χ0n) is 12.6. The molecule has 0 aromatic heterocycles. The van der Waals surface area contributed by atoms with E-state index in [4.69, 9.17) is 30.4 Å². The maximum absolute atomic E-state index is 9.60. The van der Waals surface area contributed by atoms with Crippen LogP contribution in [0.25, 0.3) is 0 Å². The summed E-state index contributed by atoms with van der Waals surface area (Å²) in [6.07, 6.45) is 0. The van der Waals surface area contributed by atoms with Gasteiger partial charge in [0.15, 0.2) is 0 Å². The van der Waals surface area contributed by atoms with Crippen molar-refractivity contribution in [2.24, 2.45) is 0 Å². The first-order valence-electron chi connectivity index (χ1n) is 5.37. The van der Waals surface area contributed by atoms with Crippen molar-refractivity contribution < 1.29 is 44.8 Å². The Kier molecular flexibility index (Phi) is 21.0. The molecule has 10 heteroatoms. The Morgan fingerprint density at radius 2 is 0.682 bits per heavy atom. The van der Waals surface area contributed by atoms with Crippen molar-refractivity contribution in [2.45, 2.75) is 20.8 Å². The Hall–Kier alpha value is -2.43. The van der Waals surface area contributed by atoms with Gasteiger partial charge in [-0.05, 0) is 20.8 Å². The van der Waals surface area contributed by atoms with Crippen LogP contribution in [-0.2, 0) is 14.4 Å². The fraction of sp³-hybridized carbons (Fsp3) is 0.250. The average molecular weight is 320 g/mol. The molecule has 0 aliphatic heterocycles. The van der Waals surface area contributed by atoms with Crippen LogP contribution in [0.3, 0.4) is 0 Å². The Bertz CT molecular complexity index is 317. The molecule has 0 bridgehead atoms. The van der Waals surface area contributed by atoms with Gasteiger partial charge in [-0.2, -0.15) is 0 Å². The van der Waals surface area contributed by atoms with Crippen molar-refractivity contribution in [3.8, 4) is 0 Å². The average Bonchev–Trinajstić information content (AvgIpc) is 2.29. The summed E-state index contributed by atoms with van der Waals surface area (Å²) >= 11 is 0. The second-order valence-electron chi connectivity index (χ2n) is 3.60. The molecule has 0 atom stereocenters. The van der Waals surface area contributed by atoms with Crippen LogP contribution in [0.15, 0.2) is 36.5 Å². The molecule has 9 nitrogen and oxygen atoms in total. The highest BCUT2D eigenvalue weighted by Gasteiger charge is 1.93. The normalized spacial score (nSPS) is 7.36. The lowest BCUT2D eigenvalue weighted by Gasteiger charge is -1.79. The maximum atomic E-state index is 9.60. The van der Waals surface area contributed by atoms with E-state index in [1.807, 2.05) is 0 Å². The molecular weight excluding hydrogens is 299 g/mol. The van der Waals surface area contributed by atoms with Crippen LogP contribution in [0.2, 0.25) is 0 Å². The maximum Gasteiger partial charge on any atom is 0.631 e. The number of aliphatic carboxylic acids is 3. The summed E-state index contributed by atoms with van der Waals surface area (Å²) in [7, 11) is -2.17. The molecule has 0 aliphatic carbocycles. The first-order valence-corrected chi connectivity index (χ1v) is 5.37. The lowest BCUT2D eigenvalue weighted by Crippen LogP contribution is -2.07. The highest BCUT2D eigenvalue weighted by Crippen LogP contribution is 1.82. The zero-order chi connectivity index (χ0) is 19.0. The van der Waals surface area contributed by atoms with Crippen LogP contribution < -0.4 is 0 Å². The topological polar surface area (TPSA) is 173 Å². The van der Waals surface area contributed by atoms with E-state index in [9.17, 15) is 14.4 Å².